The Morgan fingerprint density at radius 1 is 1.03 bits per heavy atom. The molecule has 2 N–H and O–H groups in total. The molecule has 0 bridgehead atoms. The van der Waals surface area contributed by atoms with E-state index in [9.17, 15) is 5.11 Å². The Morgan fingerprint density at radius 2 is 1.80 bits per heavy atom. The van der Waals surface area contributed by atoms with Gasteiger partial charge in [0, 0.05) is 25.0 Å². The molecule has 0 amide bonds. The lowest BCUT2D eigenvalue weighted by Crippen LogP contribution is -2.38. The van der Waals surface area contributed by atoms with Crippen LogP contribution in [0.25, 0.3) is 0 Å². The molecule has 1 saturated carbocycles. The second-order valence-corrected chi connectivity index (χ2v) is 9.00. The zero-order valence-corrected chi connectivity index (χ0v) is 18.2. The van der Waals surface area contributed by atoms with Crippen LogP contribution in [0.15, 0.2) is 54.6 Å². The lowest BCUT2D eigenvalue weighted by molar-refractivity contribution is 0.0475. The SMILES string of the molecule is CN[C@@H]1CCN(CC(c2ccc(OCc3ccccc3)cc2)C2CCCCC2O)C1. The van der Waals surface area contributed by atoms with Crippen molar-refractivity contribution in [2.24, 2.45) is 5.92 Å². The van der Waals surface area contributed by atoms with Crippen molar-refractivity contribution in [3.8, 4) is 5.75 Å². The smallest absolute Gasteiger partial charge is 0.119 e. The van der Waals surface area contributed by atoms with Gasteiger partial charge in [-0.1, -0.05) is 55.3 Å². The third-order valence-corrected chi connectivity index (χ3v) is 6.99. The summed E-state index contributed by atoms with van der Waals surface area (Å²) in [5.74, 6) is 1.63. The van der Waals surface area contributed by atoms with Gasteiger partial charge >= 0.3 is 0 Å². The average molecular weight is 409 g/mol. The molecule has 1 aliphatic carbocycles. The highest BCUT2D eigenvalue weighted by Gasteiger charge is 2.34. The van der Waals surface area contributed by atoms with Crippen molar-refractivity contribution in [2.45, 2.75) is 56.8 Å². The number of rotatable bonds is 8. The van der Waals surface area contributed by atoms with Crippen molar-refractivity contribution < 1.29 is 9.84 Å². The summed E-state index contributed by atoms with van der Waals surface area (Å²) in [5.41, 5.74) is 2.51. The first-order valence-corrected chi connectivity index (χ1v) is 11.6. The maximum absolute atomic E-state index is 10.8. The highest BCUT2D eigenvalue weighted by Crippen LogP contribution is 2.38. The molecule has 4 nitrogen and oxygen atoms in total. The van der Waals surface area contributed by atoms with Crippen LogP contribution in [0.5, 0.6) is 5.75 Å². The second kappa shape index (κ2) is 10.4. The number of likely N-dealkylation sites (tertiary alicyclic amines) is 1. The zero-order chi connectivity index (χ0) is 20.8. The van der Waals surface area contributed by atoms with Crippen molar-refractivity contribution in [1.29, 1.82) is 0 Å². The minimum atomic E-state index is -0.180. The molecule has 1 aliphatic heterocycles. The summed E-state index contributed by atoms with van der Waals surface area (Å²) >= 11 is 0. The molecule has 2 aromatic carbocycles. The van der Waals surface area contributed by atoms with Gasteiger partial charge in [0.25, 0.3) is 0 Å². The number of hydrogen-bond donors (Lipinski definition) is 2. The molecule has 4 rings (SSSR count). The fourth-order valence-electron chi connectivity index (χ4n) is 5.16. The summed E-state index contributed by atoms with van der Waals surface area (Å²) in [5, 5.41) is 14.2. The van der Waals surface area contributed by atoms with Crippen LogP contribution in [0.3, 0.4) is 0 Å². The summed E-state index contributed by atoms with van der Waals surface area (Å²) in [6, 6.07) is 19.5. The predicted octanol–water partition coefficient (Wildman–Crippen LogP) is 4.19. The Kier molecular flexibility index (Phi) is 7.42. The quantitative estimate of drug-likeness (QED) is 0.687. The van der Waals surface area contributed by atoms with Crippen molar-refractivity contribution in [2.75, 3.05) is 26.7 Å². The first-order valence-electron chi connectivity index (χ1n) is 11.6. The number of benzene rings is 2. The molecule has 162 valence electrons. The number of nitrogens with zero attached hydrogens (tertiary/aromatic N) is 1. The number of ether oxygens (including phenoxy) is 1. The number of nitrogens with one attached hydrogen (secondary N) is 1. The van der Waals surface area contributed by atoms with Crippen LogP contribution in [-0.2, 0) is 6.61 Å². The topological polar surface area (TPSA) is 44.7 Å². The van der Waals surface area contributed by atoms with E-state index in [-0.39, 0.29) is 6.10 Å². The molecule has 2 fully saturated rings. The number of aliphatic hydroxyl groups is 1. The molecule has 2 aliphatic rings. The molecule has 1 saturated heterocycles. The van der Waals surface area contributed by atoms with E-state index in [1.165, 1.54) is 24.0 Å². The lowest BCUT2D eigenvalue weighted by atomic mass is 9.74. The van der Waals surface area contributed by atoms with Gasteiger partial charge in [0.1, 0.15) is 12.4 Å². The van der Waals surface area contributed by atoms with Gasteiger partial charge in [-0.3, -0.25) is 0 Å². The minimum Gasteiger partial charge on any atom is -0.489 e. The third-order valence-electron chi connectivity index (χ3n) is 6.99. The van der Waals surface area contributed by atoms with E-state index in [0.717, 1.165) is 44.6 Å². The minimum absolute atomic E-state index is 0.180. The van der Waals surface area contributed by atoms with E-state index in [1.807, 2.05) is 18.2 Å². The maximum Gasteiger partial charge on any atom is 0.119 e. The van der Waals surface area contributed by atoms with Gasteiger partial charge in [-0.2, -0.15) is 0 Å². The van der Waals surface area contributed by atoms with E-state index in [4.69, 9.17) is 4.74 Å². The molecule has 2 aromatic rings. The van der Waals surface area contributed by atoms with Crippen molar-refractivity contribution in [3.63, 3.8) is 0 Å². The van der Waals surface area contributed by atoms with E-state index in [1.54, 1.807) is 0 Å². The number of hydrogen-bond acceptors (Lipinski definition) is 4. The number of likely N-dealkylation sites (N-methyl/N-ethyl adjacent to an activating group) is 1. The van der Waals surface area contributed by atoms with Gasteiger partial charge in [-0.05, 0) is 62.0 Å². The highest BCUT2D eigenvalue weighted by atomic mass is 16.5. The molecular formula is C26H36N2O2. The first kappa shape index (κ1) is 21.4. The van der Waals surface area contributed by atoms with Gasteiger partial charge in [-0.25, -0.2) is 0 Å². The summed E-state index contributed by atoms with van der Waals surface area (Å²) in [6.45, 7) is 3.87. The molecule has 0 radical (unpaired) electrons. The molecule has 4 atom stereocenters. The first-order chi connectivity index (χ1) is 14.7. The van der Waals surface area contributed by atoms with Crippen molar-refractivity contribution in [3.05, 3.63) is 65.7 Å². The normalized spacial score (nSPS) is 25.9. The van der Waals surface area contributed by atoms with E-state index >= 15 is 0 Å². The van der Waals surface area contributed by atoms with E-state index in [2.05, 4.69) is 53.7 Å². The largest absolute Gasteiger partial charge is 0.489 e. The van der Waals surface area contributed by atoms with Crippen LogP contribution in [0.4, 0.5) is 0 Å². The number of aliphatic hydroxyl groups excluding tert-OH is 1. The Bertz CT molecular complexity index is 764. The second-order valence-electron chi connectivity index (χ2n) is 9.00. The molecule has 0 spiro atoms. The summed E-state index contributed by atoms with van der Waals surface area (Å²) < 4.78 is 5.99. The van der Waals surface area contributed by atoms with Crippen LogP contribution in [0.2, 0.25) is 0 Å². The molecule has 30 heavy (non-hydrogen) atoms. The van der Waals surface area contributed by atoms with Gasteiger partial charge in [-0.15, -0.1) is 0 Å². The molecular weight excluding hydrogens is 372 g/mol. The van der Waals surface area contributed by atoms with Gasteiger partial charge in [0.2, 0.25) is 0 Å². The Hall–Kier alpha value is -1.88. The van der Waals surface area contributed by atoms with Crippen LogP contribution in [0, 0.1) is 5.92 Å². The van der Waals surface area contributed by atoms with Crippen molar-refractivity contribution >= 4 is 0 Å². The van der Waals surface area contributed by atoms with Gasteiger partial charge < -0.3 is 20.1 Å². The molecule has 1 heterocycles. The van der Waals surface area contributed by atoms with Crippen LogP contribution in [0.1, 0.15) is 49.1 Å². The summed E-state index contributed by atoms with van der Waals surface area (Å²) in [4.78, 5) is 2.58. The van der Waals surface area contributed by atoms with Crippen LogP contribution in [-0.4, -0.2) is 48.8 Å². The van der Waals surface area contributed by atoms with E-state index in [0.29, 0.717) is 24.5 Å². The fraction of sp³-hybridized carbons (Fsp3) is 0.538. The molecule has 4 heteroatoms. The summed E-state index contributed by atoms with van der Waals surface area (Å²) in [7, 11) is 2.06. The van der Waals surface area contributed by atoms with Crippen LogP contribution >= 0.6 is 0 Å². The molecule has 3 unspecified atom stereocenters. The Balaban J connectivity index is 1.45. The predicted molar refractivity (Wildman–Crippen MR) is 122 cm³/mol. The third kappa shape index (κ3) is 5.42. The van der Waals surface area contributed by atoms with Crippen molar-refractivity contribution in [1.82, 2.24) is 10.2 Å². The van der Waals surface area contributed by atoms with E-state index < -0.39 is 0 Å². The fourth-order valence-corrected chi connectivity index (χ4v) is 5.16. The average Bonchev–Trinajstić information content (AvgIpc) is 3.26. The Morgan fingerprint density at radius 3 is 2.50 bits per heavy atom. The summed E-state index contributed by atoms with van der Waals surface area (Å²) in [6.07, 6.45) is 5.49. The van der Waals surface area contributed by atoms with Crippen LogP contribution < -0.4 is 10.1 Å². The van der Waals surface area contributed by atoms with Gasteiger partial charge in [0.05, 0.1) is 6.10 Å². The maximum atomic E-state index is 10.8. The molecule has 0 aromatic heterocycles. The highest BCUT2D eigenvalue weighted by molar-refractivity contribution is 5.31. The Labute approximate surface area is 181 Å². The zero-order valence-electron chi connectivity index (χ0n) is 18.2. The lowest BCUT2D eigenvalue weighted by Gasteiger charge is -2.37. The monoisotopic (exact) mass is 408 g/mol. The standard InChI is InChI=1S/C26H36N2O2/c1-27-22-15-16-28(17-22)18-25(24-9-5-6-10-26(24)29)21-11-13-23(14-12-21)30-19-20-7-3-2-4-8-20/h2-4,7-8,11-14,22,24-27,29H,5-6,9-10,15-19H2,1H3/t22-,24?,25?,26?/m1/s1. The van der Waals surface area contributed by atoms with Gasteiger partial charge in [0.15, 0.2) is 0 Å².